The number of carbonyl (C=O) groups is 1. The summed E-state index contributed by atoms with van der Waals surface area (Å²) in [7, 11) is 0. The quantitative estimate of drug-likeness (QED) is 0.504. The van der Waals surface area contributed by atoms with Crippen LogP contribution in [0.25, 0.3) is 11.6 Å². The molecule has 0 aliphatic heterocycles. The average molecular weight is 375 g/mol. The first kappa shape index (κ1) is 18.0. The molecule has 9 heteroatoms. The minimum absolute atomic E-state index is 0.0932. The second kappa shape index (κ2) is 8.05. The SMILES string of the molecule is CCN(Cc1cccc(F)c1)C(=O)CSc1nnc(-c2ccco2)n1N. The molecule has 0 saturated carbocycles. The maximum absolute atomic E-state index is 13.3. The summed E-state index contributed by atoms with van der Waals surface area (Å²) in [6.45, 7) is 2.74. The number of hydrogen-bond donors (Lipinski definition) is 1. The van der Waals surface area contributed by atoms with Crippen LogP contribution in [0, 0.1) is 5.82 Å². The van der Waals surface area contributed by atoms with Gasteiger partial charge in [0.05, 0.1) is 12.0 Å². The number of aromatic nitrogens is 3. The lowest BCUT2D eigenvalue weighted by molar-refractivity contribution is -0.128. The summed E-state index contributed by atoms with van der Waals surface area (Å²) in [6.07, 6.45) is 1.52. The summed E-state index contributed by atoms with van der Waals surface area (Å²) >= 11 is 1.19. The van der Waals surface area contributed by atoms with Gasteiger partial charge in [0.1, 0.15) is 5.82 Å². The Morgan fingerprint density at radius 1 is 1.35 bits per heavy atom. The van der Waals surface area contributed by atoms with Crippen LogP contribution in [0.15, 0.2) is 52.2 Å². The summed E-state index contributed by atoms with van der Waals surface area (Å²) in [5, 5.41) is 8.39. The van der Waals surface area contributed by atoms with Gasteiger partial charge in [0.25, 0.3) is 0 Å². The smallest absolute Gasteiger partial charge is 0.233 e. The molecule has 0 aliphatic rings. The highest BCUT2D eigenvalue weighted by atomic mass is 32.2. The van der Waals surface area contributed by atoms with E-state index in [0.717, 1.165) is 5.56 Å². The Hall–Kier alpha value is -2.81. The minimum atomic E-state index is -0.318. The Labute approximate surface area is 154 Å². The predicted molar refractivity (Wildman–Crippen MR) is 96.1 cm³/mol. The topological polar surface area (TPSA) is 90.2 Å². The lowest BCUT2D eigenvalue weighted by atomic mass is 10.2. The number of benzene rings is 1. The van der Waals surface area contributed by atoms with Crippen molar-refractivity contribution in [1.82, 2.24) is 19.8 Å². The van der Waals surface area contributed by atoms with Gasteiger partial charge in [0.15, 0.2) is 5.76 Å². The second-order valence-electron chi connectivity index (χ2n) is 5.48. The zero-order valence-electron chi connectivity index (χ0n) is 14.1. The molecule has 7 nitrogen and oxygen atoms in total. The summed E-state index contributed by atoms with van der Waals surface area (Å²) in [5.74, 6) is 6.60. The molecule has 0 radical (unpaired) electrons. The van der Waals surface area contributed by atoms with Gasteiger partial charge in [-0.1, -0.05) is 23.9 Å². The van der Waals surface area contributed by atoms with Crippen molar-refractivity contribution in [1.29, 1.82) is 0 Å². The molecule has 0 atom stereocenters. The van der Waals surface area contributed by atoms with Gasteiger partial charge in [0.2, 0.25) is 16.9 Å². The van der Waals surface area contributed by atoms with Gasteiger partial charge >= 0.3 is 0 Å². The Bertz CT molecular complexity index is 881. The normalized spacial score (nSPS) is 10.8. The number of nitrogens with zero attached hydrogens (tertiary/aromatic N) is 4. The lowest BCUT2D eigenvalue weighted by Crippen LogP contribution is -2.32. The van der Waals surface area contributed by atoms with E-state index in [-0.39, 0.29) is 17.5 Å². The van der Waals surface area contributed by atoms with E-state index in [1.807, 2.05) is 6.92 Å². The number of furan rings is 1. The van der Waals surface area contributed by atoms with Crippen molar-refractivity contribution in [2.45, 2.75) is 18.6 Å². The van der Waals surface area contributed by atoms with Gasteiger partial charge in [-0.15, -0.1) is 10.2 Å². The van der Waals surface area contributed by atoms with Gasteiger partial charge in [-0.3, -0.25) is 4.79 Å². The standard InChI is InChI=1S/C17H18FN5O2S/c1-2-22(10-12-5-3-6-13(18)9-12)15(24)11-26-17-21-20-16(23(17)19)14-7-4-8-25-14/h3-9H,2,10-11,19H2,1H3. The Morgan fingerprint density at radius 2 is 2.19 bits per heavy atom. The van der Waals surface area contributed by atoms with E-state index < -0.39 is 0 Å². The van der Waals surface area contributed by atoms with E-state index in [4.69, 9.17) is 10.3 Å². The molecule has 26 heavy (non-hydrogen) atoms. The predicted octanol–water partition coefficient (Wildman–Crippen LogP) is 2.53. The van der Waals surface area contributed by atoms with Crippen LogP contribution in [-0.4, -0.2) is 38.0 Å². The van der Waals surface area contributed by atoms with Crippen molar-refractivity contribution in [2.75, 3.05) is 18.1 Å². The molecule has 0 fully saturated rings. The molecule has 2 aromatic heterocycles. The van der Waals surface area contributed by atoms with Gasteiger partial charge in [-0.25, -0.2) is 9.07 Å². The average Bonchev–Trinajstić information content (AvgIpc) is 3.27. The van der Waals surface area contributed by atoms with Crippen LogP contribution in [0.5, 0.6) is 0 Å². The van der Waals surface area contributed by atoms with Crippen LogP contribution in [-0.2, 0) is 11.3 Å². The van der Waals surface area contributed by atoms with Crippen LogP contribution in [0.3, 0.4) is 0 Å². The number of nitrogen functional groups attached to an aromatic ring is 1. The number of amides is 1. The third kappa shape index (κ3) is 4.05. The molecule has 1 amide bonds. The molecular formula is C17H18FN5O2S. The summed E-state index contributed by atoms with van der Waals surface area (Å²) in [6, 6.07) is 9.68. The zero-order valence-corrected chi connectivity index (χ0v) is 14.9. The van der Waals surface area contributed by atoms with Crippen LogP contribution < -0.4 is 5.84 Å². The molecule has 3 aromatic rings. The molecule has 136 valence electrons. The maximum Gasteiger partial charge on any atom is 0.233 e. The van der Waals surface area contributed by atoms with Gasteiger partial charge in [-0.05, 0) is 36.8 Å². The first-order valence-corrected chi connectivity index (χ1v) is 8.96. The van der Waals surface area contributed by atoms with Crippen molar-refractivity contribution >= 4 is 17.7 Å². The van der Waals surface area contributed by atoms with E-state index in [0.29, 0.717) is 29.8 Å². The molecule has 0 saturated heterocycles. The fourth-order valence-corrected chi connectivity index (χ4v) is 3.16. The molecule has 0 spiro atoms. The number of hydrogen-bond acceptors (Lipinski definition) is 6. The van der Waals surface area contributed by atoms with Crippen molar-refractivity contribution in [3.05, 3.63) is 54.0 Å². The monoisotopic (exact) mass is 375 g/mol. The second-order valence-corrected chi connectivity index (χ2v) is 6.42. The van der Waals surface area contributed by atoms with Crippen molar-refractivity contribution < 1.29 is 13.6 Å². The van der Waals surface area contributed by atoms with Crippen molar-refractivity contribution in [3.8, 4) is 11.6 Å². The highest BCUT2D eigenvalue weighted by molar-refractivity contribution is 7.99. The molecule has 2 N–H and O–H groups in total. The van der Waals surface area contributed by atoms with Gasteiger partial charge in [-0.2, -0.15) is 0 Å². The highest BCUT2D eigenvalue weighted by Crippen LogP contribution is 2.22. The summed E-state index contributed by atoms with van der Waals surface area (Å²) < 4.78 is 19.9. The minimum Gasteiger partial charge on any atom is -0.461 e. The summed E-state index contributed by atoms with van der Waals surface area (Å²) in [4.78, 5) is 14.1. The molecule has 0 unspecified atom stereocenters. The molecule has 2 heterocycles. The maximum atomic E-state index is 13.3. The van der Waals surface area contributed by atoms with Crippen molar-refractivity contribution in [3.63, 3.8) is 0 Å². The fourth-order valence-electron chi connectivity index (χ4n) is 2.40. The first-order chi connectivity index (χ1) is 12.6. The lowest BCUT2D eigenvalue weighted by Gasteiger charge is -2.20. The fraction of sp³-hybridized carbons (Fsp3) is 0.235. The van der Waals surface area contributed by atoms with E-state index in [9.17, 15) is 9.18 Å². The van der Waals surface area contributed by atoms with Crippen LogP contribution in [0.2, 0.25) is 0 Å². The number of nitrogens with two attached hydrogens (primary N) is 1. The number of rotatable bonds is 7. The van der Waals surface area contributed by atoms with Crippen LogP contribution in [0.4, 0.5) is 4.39 Å². The molecule has 0 aliphatic carbocycles. The largest absolute Gasteiger partial charge is 0.461 e. The van der Waals surface area contributed by atoms with E-state index in [1.54, 1.807) is 29.2 Å². The zero-order chi connectivity index (χ0) is 18.5. The van der Waals surface area contributed by atoms with Crippen molar-refractivity contribution in [2.24, 2.45) is 0 Å². The Morgan fingerprint density at radius 3 is 2.88 bits per heavy atom. The van der Waals surface area contributed by atoms with Gasteiger partial charge < -0.3 is 15.2 Å². The van der Waals surface area contributed by atoms with Crippen LogP contribution >= 0.6 is 11.8 Å². The molecule has 3 rings (SSSR count). The van der Waals surface area contributed by atoms with Gasteiger partial charge in [0, 0.05) is 13.1 Å². The highest BCUT2D eigenvalue weighted by Gasteiger charge is 2.18. The Kier molecular flexibility index (Phi) is 5.57. The number of halogens is 1. The van der Waals surface area contributed by atoms with E-state index in [1.165, 1.54) is 34.8 Å². The molecule has 0 bridgehead atoms. The molecular weight excluding hydrogens is 357 g/mol. The third-order valence-corrected chi connectivity index (χ3v) is 4.66. The van der Waals surface area contributed by atoms with E-state index in [2.05, 4.69) is 10.2 Å². The third-order valence-electron chi connectivity index (χ3n) is 3.73. The Balaban J connectivity index is 1.62. The van der Waals surface area contributed by atoms with E-state index >= 15 is 0 Å². The number of thioether (sulfide) groups is 1. The number of carbonyl (C=O) groups excluding carboxylic acids is 1. The first-order valence-electron chi connectivity index (χ1n) is 7.98. The van der Waals surface area contributed by atoms with Crippen LogP contribution in [0.1, 0.15) is 12.5 Å². The summed E-state index contributed by atoms with van der Waals surface area (Å²) in [5.41, 5.74) is 0.743. The molecule has 1 aromatic carbocycles.